The maximum Gasteiger partial charge on any atom is 0.327 e. The summed E-state index contributed by atoms with van der Waals surface area (Å²) in [6.07, 6.45) is 4.34. The van der Waals surface area contributed by atoms with Crippen molar-refractivity contribution in [2.45, 2.75) is 12.8 Å². The van der Waals surface area contributed by atoms with Crippen molar-refractivity contribution < 1.29 is 9.90 Å². The molecule has 0 fully saturated rings. The van der Waals surface area contributed by atoms with Gasteiger partial charge in [-0.25, -0.2) is 4.79 Å². The van der Waals surface area contributed by atoms with Crippen LogP contribution in [0.5, 0.6) is 0 Å². The monoisotopic (exact) mass is 165 g/mol. The quantitative estimate of drug-likeness (QED) is 0.478. The molecular formula is C6H12ClNO2. The van der Waals surface area contributed by atoms with Gasteiger partial charge in [0, 0.05) is 6.08 Å². The molecule has 3 nitrogen and oxygen atoms in total. The fraction of sp³-hybridized carbons (Fsp3) is 0.500. The van der Waals surface area contributed by atoms with Gasteiger partial charge in [0.1, 0.15) is 0 Å². The van der Waals surface area contributed by atoms with E-state index in [9.17, 15) is 4.79 Å². The lowest BCUT2D eigenvalue weighted by Crippen LogP contribution is -1.96. The van der Waals surface area contributed by atoms with Gasteiger partial charge in [0.15, 0.2) is 0 Å². The minimum absolute atomic E-state index is 0. The highest BCUT2D eigenvalue weighted by Crippen LogP contribution is 1.86. The third kappa shape index (κ3) is 10.4. The lowest BCUT2D eigenvalue weighted by Gasteiger charge is -1.85. The number of nitrogens with two attached hydrogens (primary N) is 1. The molecule has 0 aliphatic rings. The first kappa shape index (κ1) is 12.2. The zero-order valence-electron chi connectivity index (χ0n) is 5.62. The number of aliphatic carboxylic acids is 1. The molecule has 60 valence electrons. The van der Waals surface area contributed by atoms with Gasteiger partial charge in [0.2, 0.25) is 0 Å². The SMILES string of the molecule is Cl.NCCC/C=C/C(=O)O. The fourth-order valence-electron chi connectivity index (χ4n) is 0.420. The van der Waals surface area contributed by atoms with Gasteiger partial charge in [-0.05, 0) is 19.4 Å². The highest BCUT2D eigenvalue weighted by Gasteiger charge is 1.83. The van der Waals surface area contributed by atoms with Crippen molar-refractivity contribution in [1.29, 1.82) is 0 Å². The summed E-state index contributed by atoms with van der Waals surface area (Å²) in [6, 6.07) is 0. The zero-order valence-corrected chi connectivity index (χ0v) is 6.43. The van der Waals surface area contributed by atoms with Gasteiger partial charge >= 0.3 is 5.97 Å². The molecule has 10 heavy (non-hydrogen) atoms. The third-order valence-electron chi connectivity index (χ3n) is 0.835. The van der Waals surface area contributed by atoms with E-state index in [1.54, 1.807) is 6.08 Å². The predicted octanol–water partition coefficient (Wildman–Crippen LogP) is 0.788. The number of allylic oxidation sites excluding steroid dienone is 1. The van der Waals surface area contributed by atoms with Crippen molar-refractivity contribution in [1.82, 2.24) is 0 Å². The number of hydrogen-bond donors (Lipinski definition) is 2. The minimum atomic E-state index is -0.896. The second-order valence-corrected chi connectivity index (χ2v) is 1.67. The van der Waals surface area contributed by atoms with Crippen LogP contribution in [0.4, 0.5) is 0 Å². The Morgan fingerprint density at radius 2 is 2.20 bits per heavy atom. The van der Waals surface area contributed by atoms with Crippen LogP contribution in [0.25, 0.3) is 0 Å². The Balaban J connectivity index is 0. The molecule has 4 heteroatoms. The van der Waals surface area contributed by atoms with E-state index in [0.29, 0.717) is 6.54 Å². The number of rotatable bonds is 4. The van der Waals surface area contributed by atoms with Crippen LogP contribution in [-0.4, -0.2) is 17.6 Å². The maximum atomic E-state index is 9.84. The molecule has 0 saturated heterocycles. The van der Waals surface area contributed by atoms with Gasteiger partial charge in [-0.3, -0.25) is 0 Å². The average Bonchev–Trinajstić information content (AvgIpc) is 1.80. The Bertz CT molecular complexity index is 114. The molecule has 0 radical (unpaired) electrons. The lowest BCUT2D eigenvalue weighted by atomic mass is 10.3. The number of unbranched alkanes of at least 4 members (excludes halogenated alkanes) is 1. The van der Waals surface area contributed by atoms with Crippen LogP contribution >= 0.6 is 12.4 Å². The van der Waals surface area contributed by atoms with Crippen molar-refractivity contribution in [3.63, 3.8) is 0 Å². The van der Waals surface area contributed by atoms with Crippen LogP contribution in [0.15, 0.2) is 12.2 Å². The number of carboxylic acids is 1. The first-order valence-electron chi connectivity index (χ1n) is 2.87. The minimum Gasteiger partial charge on any atom is -0.478 e. The van der Waals surface area contributed by atoms with Crippen molar-refractivity contribution in [3.8, 4) is 0 Å². The van der Waals surface area contributed by atoms with E-state index in [-0.39, 0.29) is 12.4 Å². The standard InChI is InChI=1S/C6H11NO2.ClH/c7-5-3-1-2-4-6(8)9;/h2,4H,1,3,5,7H2,(H,8,9);1H/b4-2+;. The molecule has 0 bridgehead atoms. The van der Waals surface area contributed by atoms with E-state index >= 15 is 0 Å². The molecule has 0 unspecified atom stereocenters. The lowest BCUT2D eigenvalue weighted by molar-refractivity contribution is -0.131. The van der Waals surface area contributed by atoms with E-state index in [1.807, 2.05) is 0 Å². The van der Waals surface area contributed by atoms with Crippen molar-refractivity contribution >= 4 is 18.4 Å². The highest BCUT2D eigenvalue weighted by molar-refractivity contribution is 5.85. The summed E-state index contributed by atoms with van der Waals surface area (Å²) in [5.41, 5.74) is 5.16. The molecular weight excluding hydrogens is 154 g/mol. The van der Waals surface area contributed by atoms with Crippen molar-refractivity contribution in [2.24, 2.45) is 5.73 Å². The van der Waals surface area contributed by atoms with E-state index in [1.165, 1.54) is 0 Å². The van der Waals surface area contributed by atoms with Crippen molar-refractivity contribution in [3.05, 3.63) is 12.2 Å². The number of carbonyl (C=O) groups is 1. The summed E-state index contributed by atoms with van der Waals surface area (Å²) in [5, 5.41) is 8.09. The molecule has 0 heterocycles. The van der Waals surface area contributed by atoms with Crippen LogP contribution < -0.4 is 5.73 Å². The first-order chi connectivity index (χ1) is 4.27. The molecule has 0 aromatic heterocycles. The first-order valence-corrected chi connectivity index (χ1v) is 2.87. The summed E-state index contributed by atoms with van der Waals surface area (Å²) < 4.78 is 0. The summed E-state index contributed by atoms with van der Waals surface area (Å²) in [5.74, 6) is -0.896. The third-order valence-corrected chi connectivity index (χ3v) is 0.835. The number of hydrogen-bond acceptors (Lipinski definition) is 2. The van der Waals surface area contributed by atoms with E-state index < -0.39 is 5.97 Å². The summed E-state index contributed by atoms with van der Waals surface area (Å²) in [4.78, 5) is 9.84. The van der Waals surface area contributed by atoms with Crippen LogP contribution in [0.3, 0.4) is 0 Å². The molecule has 0 spiro atoms. The number of carboxylic acid groups (broad SMARTS) is 1. The molecule has 0 aromatic rings. The Labute approximate surface area is 66.3 Å². The van der Waals surface area contributed by atoms with E-state index in [2.05, 4.69) is 0 Å². The Kier molecular flexibility index (Phi) is 10.3. The van der Waals surface area contributed by atoms with E-state index in [0.717, 1.165) is 18.9 Å². The predicted molar refractivity (Wildman–Crippen MR) is 42.3 cm³/mol. The number of halogens is 1. The van der Waals surface area contributed by atoms with Gasteiger partial charge in [-0.2, -0.15) is 0 Å². The molecule has 0 amide bonds. The van der Waals surface area contributed by atoms with Crippen LogP contribution in [0.2, 0.25) is 0 Å². The topological polar surface area (TPSA) is 63.3 Å². The fourth-order valence-corrected chi connectivity index (χ4v) is 0.420. The van der Waals surface area contributed by atoms with Gasteiger partial charge in [0.05, 0.1) is 0 Å². The molecule has 0 aliphatic carbocycles. The summed E-state index contributed by atoms with van der Waals surface area (Å²) >= 11 is 0. The normalized spacial score (nSPS) is 9.30. The second kappa shape index (κ2) is 8.46. The van der Waals surface area contributed by atoms with Gasteiger partial charge in [-0.15, -0.1) is 12.4 Å². The van der Waals surface area contributed by atoms with Gasteiger partial charge in [-0.1, -0.05) is 6.08 Å². The Morgan fingerprint density at radius 1 is 1.60 bits per heavy atom. The van der Waals surface area contributed by atoms with Crippen LogP contribution in [0, 0.1) is 0 Å². The molecule has 0 rings (SSSR count). The largest absolute Gasteiger partial charge is 0.478 e. The van der Waals surface area contributed by atoms with Gasteiger partial charge < -0.3 is 10.8 Å². The zero-order chi connectivity index (χ0) is 7.11. The molecule has 0 aromatic carbocycles. The molecule has 0 aliphatic heterocycles. The Hall–Kier alpha value is -0.540. The highest BCUT2D eigenvalue weighted by atomic mass is 35.5. The van der Waals surface area contributed by atoms with Gasteiger partial charge in [0.25, 0.3) is 0 Å². The van der Waals surface area contributed by atoms with Crippen molar-refractivity contribution in [2.75, 3.05) is 6.54 Å². The smallest absolute Gasteiger partial charge is 0.327 e. The second-order valence-electron chi connectivity index (χ2n) is 1.67. The molecule has 0 atom stereocenters. The van der Waals surface area contributed by atoms with Crippen LogP contribution in [-0.2, 0) is 4.79 Å². The van der Waals surface area contributed by atoms with E-state index in [4.69, 9.17) is 10.8 Å². The maximum absolute atomic E-state index is 9.84. The Morgan fingerprint density at radius 3 is 2.60 bits per heavy atom. The molecule has 3 N–H and O–H groups in total. The average molecular weight is 166 g/mol. The van der Waals surface area contributed by atoms with Crippen LogP contribution in [0.1, 0.15) is 12.8 Å². The summed E-state index contributed by atoms with van der Waals surface area (Å²) in [7, 11) is 0. The summed E-state index contributed by atoms with van der Waals surface area (Å²) in [6.45, 7) is 0.615. The molecule has 0 saturated carbocycles.